The minimum Gasteiger partial charge on any atom is -0.494 e. The third-order valence-corrected chi connectivity index (χ3v) is 9.34. The summed E-state index contributed by atoms with van der Waals surface area (Å²) in [6.45, 7) is 0.995. The number of alkyl halides is 1. The first-order valence-electron chi connectivity index (χ1n) is 15.5. The van der Waals surface area contributed by atoms with Crippen molar-refractivity contribution in [3.05, 3.63) is 59.4 Å². The van der Waals surface area contributed by atoms with Crippen molar-refractivity contribution in [1.29, 1.82) is 0 Å². The molecule has 10 nitrogen and oxygen atoms in total. The number of methoxy groups -OCH3 is 1. The van der Waals surface area contributed by atoms with E-state index in [2.05, 4.69) is 9.88 Å². The number of pyridine rings is 1. The highest BCUT2D eigenvalue weighted by Gasteiger charge is 2.31. The topological polar surface area (TPSA) is 120 Å². The Kier molecular flexibility index (Phi) is 6.61. The number of hydrogen-bond donors (Lipinski definition) is 2. The van der Waals surface area contributed by atoms with Gasteiger partial charge in [-0.1, -0.05) is 6.07 Å². The van der Waals surface area contributed by atoms with Gasteiger partial charge in [0.2, 0.25) is 5.91 Å². The van der Waals surface area contributed by atoms with Crippen molar-refractivity contribution in [2.24, 2.45) is 18.7 Å². The molecule has 236 valence electrons. The van der Waals surface area contributed by atoms with Crippen LogP contribution in [0, 0.1) is 11.7 Å². The number of nitrogens with zero attached hydrogens (tertiary/aromatic N) is 5. The molecule has 3 aliphatic rings. The lowest BCUT2D eigenvalue weighted by Gasteiger charge is -2.33. The lowest BCUT2D eigenvalue weighted by molar-refractivity contribution is -0.115. The third kappa shape index (κ3) is 4.70. The molecule has 2 amide bonds. The number of amides is 2. The molecule has 46 heavy (non-hydrogen) atoms. The molecule has 0 bridgehead atoms. The van der Waals surface area contributed by atoms with Crippen LogP contribution in [0.1, 0.15) is 35.2 Å². The summed E-state index contributed by atoms with van der Waals surface area (Å²) in [5.41, 5.74) is 11.1. The Balaban J connectivity index is 1.25. The summed E-state index contributed by atoms with van der Waals surface area (Å²) in [7, 11) is 3.44. The van der Waals surface area contributed by atoms with Crippen molar-refractivity contribution in [2.45, 2.75) is 44.4 Å². The van der Waals surface area contributed by atoms with Crippen LogP contribution >= 0.6 is 0 Å². The Morgan fingerprint density at radius 3 is 2.72 bits per heavy atom. The molecule has 5 heterocycles. The average Bonchev–Trinajstić information content (AvgIpc) is 3.54. The van der Waals surface area contributed by atoms with Gasteiger partial charge in [-0.2, -0.15) is 0 Å². The van der Waals surface area contributed by atoms with Gasteiger partial charge in [-0.3, -0.25) is 9.59 Å². The number of anilines is 1. The summed E-state index contributed by atoms with van der Waals surface area (Å²) in [5.74, 6) is 0.674. The molecule has 3 aromatic heterocycles. The van der Waals surface area contributed by atoms with E-state index in [1.54, 1.807) is 31.4 Å². The van der Waals surface area contributed by atoms with Crippen molar-refractivity contribution < 1.29 is 23.1 Å². The number of likely N-dealkylation sites (tertiary alicyclic amines) is 1. The number of aryl methyl sites for hydroxylation is 1. The number of hydrogen-bond acceptors (Lipinski definition) is 6. The van der Waals surface area contributed by atoms with Gasteiger partial charge in [0.05, 0.1) is 48.2 Å². The largest absolute Gasteiger partial charge is 0.494 e. The van der Waals surface area contributed by atoms with Crippen LogP contribution in [0.3, 0.4) is 0 Å². The van der Waals surface area contributed by atoms with E-state index < -0.39 is 18.0 Å². The van der Waals surface area contributed by atoms with Crippen LogP contribution in [0.15, 0.2) is 42.5 Å². The number of rotatable bonds is 6. The van der Waals surface area contributed by atoms with Crippen LogP contribution in [0.5, 0.6) is 5.75 Å². The molecular formula is C34H33F2N7O3. The molecule has 0 radical (unpaired) electrons. The number of benzene rings is 2. The van der Waals surface area contributed by atoms with Crippen LogP contribution in [0.4, 0.5) is 14.5 Å². The van der Waals surface area contributed by atoms with Crippen LogP contribution < -0.4 is 15.8 Å². The number of aromatic nitrogens is 4. The van der Waals surface area contributed by atoms with E-state index in [0.717, 1.165) is 29.5 Å². The monoisotopic (exact) mass is 625 g/mol. The smallest absolute Gasteiger partial charge is 0.254 e. The van der Waals surface area contributed by atoms with Crippen LogP contribution in [0.2, 0.25) is 0 Å². The van der Waals surface area contributed by atoms with Gasteiger partial charge in [-0.25, -0.2) is 18.7 Å². The fraction of sp³-hybridized carbons (Fsp3) is 0.353. The van der Waals surface area contributed by atoms with E-state index in [4.69, 9.17) is 20.4 Å². The Morgan fingerprint density at radius 2 is 1.96 bits per heavy atom. The molecule has 5 aromatic rings. The highest BCUT2D eigenvalue weighted by atomic mass is 19.1. The number of carbonyl (C=O) groups excluding carboxylic acids is 2. The minimum absolute atomic E-state index is 0.00132. The Bertz CT molecular complexity index is 2070. The van der Waals surface area contributed by atoms with E-state index in [0.29, 0.717) is 57.7 Å². The molecule has 2 fully saturated rings. The van der Waals surface area contributed by atoms with Gasteiger partial charge in [-0.15, -0.1) is 0 Å². The number of nitrogens with two attached hydrogens (primary N) is 1. The highest BCUT2D eigenvalue weighted by molar-refractivity contribution is 6.04. The minimum atomic E-state index is -1.17. The zero-order valence-electron chi connectivity index (χ0n) is 25.5. The molecule has 0 unspecified atom stereocenters. The van der Waals surface area contributed by atoms with Gasteiger partial charge >= 0.3 is 0 Å². The molecule has 12 heteroatoms. The van der Waals surface area contributed by atoms with Crippen molar-refractivity contribution in [2.75, 3.05) is 25.5 Å². The Hall–Kier alpha value is -4.84. The quantitative estimate of drug-likeness (QED) is 0.279. The maximum atomic E-state index is 15.3. The Morgan fingerprint density at radius 1 is 1.13 bits per heavy atom. The summed E-state index contributed by atoms with van der Waals surface area (Å²) < 4.78 is 39.4. The van der Waals surface area contributed by atoms with Gasteiger partial charge in [0.25, 0.3) is 5.91 Å². The first-order chi connectivity index (χ1) is 22.2. The molecule has 8 rings (SSSR count). The lowest BCUT2D eigenvalue weighted by Crippen LogP contribution is -2.50. The molecule has 2 aromatic carbocycles. The molecule has 1 saturated heterocycles. The predicted octanol–water partition coefficient (Wildman–Crippen LogP) is 4.82. The maximum absolute atomic E-state index is 15.3. The first kappa shape index (κ1) is 28.6. The lowest BCUT2D eigenvalue weighted by atomic mass is 10.0. The molecule has 3 N–H and O–H groups in total. The summed E-state index contributed by atoms with van der Waals surface area (Å²) >= 11 is 0. The molecule has 1 aliphatic carbocycles. The van der Waals surface area contributed by atoms with Crippen molar-refractivity contribution in [3.8, 4) is 28.5 Å². The summed E-state index contributed by atoms with van der Waals surface area (Å²) in [5, 5.41) is 3.68. The van der Waals surface area contributed by atoms with Gasteiger partial charge in [0.15, 0.2) is 5.82 Å². The maximum Gasteiger partial charge on any atom is 0.254 e. The Labute approximate surface area is 263 Å². The molecule has 1 saturated carbocycles. The van der Waals surface area contributed by atoms with Crippen LogP contribution in [-0.4, -0.2) is 68.2 Å². The van der Waals surface area contributed by atoms with Crippen LogP contribution in [0.25, 0.3) is 44.8 Å². The number of ether oxygens (including phenoxy) is 1. The average molecular weight is 626 g/mol. The second-order valence-corrected chi connectivity index (χ2v) is 12.7. The number of halogens is 2. The number of imidazole rings is 1. The van der Waals surface area contributed by atoms with Gasteiger partial charge in [-0.05, 0) is 67.1 Å². The first-order valence-corrected chi connectivity index (χ1v) is 15.5. The standard InChI is InChI=1S/C34H33F2N7O3/c1-41-31-25(9-20(11-27(31)46-2)34(45)42-15-21(35)13-22(37)16-42)39-33(41)26-10-19-6-8-24(38-32(19)43(26)14-17-3-4-17)29-23(36)7-5-18-12-28(44)40-30(18)29/h5-11,17,21-22H,3-4,12-16,37H2,1-2H3,(H,40,44)/t21-,22-/m1/s1. The SMILES string of the molecule is COc1cc(C(=O)N2C[C@H](N)C[C@@H](F)C2)cc2nc(-c3cc4ccc(-c5c(F)ccc6c5NC(=O)C6)nc4n3CC3CC3)n(C)c12. The summed E-state index contributed by atoms with van der Waals surface area (Å²) in [6.07, 6.45) is 1.49. The van der Waals surface area contributed by atoms with Crippen molar-refractivity contribution >= 4 is 39.6 Å². The van der Waals surface area contributed by atoms with Crippen LogP contribution in [-0.2, 0) is 24.8 Å². The van der Waals surface area contributed by atoms with E-state index in [9.17, 15) is 14.0 Å². The fourth-order valence-corrected chi connectivity index (χ4v) is 6.95. The molecule has 0 spiro atoms. The fourth-order valence-electron chi connectivity index (χ4n) is 6.95. The van der Waals surface area contributed by atoms with Gasteiger partial charge < -0.3 is 29.8 Å². The summed E-state index contributed by atoms with van der Waals surface area (Å²) in [4.78, 5) is 37.1. The van der Waals surface area contributed by atoms with Gasteiger partial charge in [0, 0.05) is 37.1 Å². The number of piperidine rings is 1. The van der Waals surface area contributed by atoms with Crippen molar-refractivity contribution in [1.82, 2.24) is 24.0 Å². The number of nitrogens with one attached hydrogen (secondary N) is 1. The second-order valence-electron chi connectivity index (χ2n) is 12.7. The zero-order chi connectivity index (χ0) is 31.9. The highest BCUT2D eigenvalue weighted by Crippen LogP contribution is 2.40. The number of fused-ring (bicyclic) bond motifs is 3. The molecule has 2 aliphatic heterocycles. The molecule has 2 atom stereocenters. The van der Waals surface area contributed by atoms with E-state index >= 15 is 4.39 Å². The number of carbonyl (C=O) groups is 2. The van der Waals surface area contributed by atoms with E-state index in [-0.39, 0.29) is 43.3 Å². The van der Waals surface area contributed by atoms with E-state index in [1.807, 2.05) is 23.7 Å². The molecular weight excluding hydrogens is 592 g/mol. The van der Waals surface area contributed by atoms with E-state index in [1.165, 1.54) is 11.0 Å². The van der Waals surface area contributed by atoms with Gasteiger partial charge in [0.1, 0.15) is 28.9 Å². The summed E-state index contributed by atoms with van der Waals surface area (Å²) in [6, 6.07) is 11.7. The second kappa shape index (κ2) is 10.6. The third-order valence-electron chi connectivity index (χ3n) is 9.34. The normalized spacial score (nSPS) is 19.6. The zero-order valence-corrected chi connectivity index (χ0v) is 25.5. The predicted molar refractivity (Wildman–Crippen MR) is 170 cm³/mol. The van der Waals surface area contributed by atoms with Crippen molar-refractivity contribution in [3.63, 3.8) is 0 Å².